The summed E-state index contributed by atoms with van der Waals surface area (Å²) in [6.07, 6.45) is 1.99. The number of benzene rings is 1. The van der Waals surface area contributed by atoms with Crippen LogP contribution in [-0.2, 0) is 6.42 Å². The Labute approximate surface area is 96.0 Å². The highest BCUT2D eigenvalue weighted by Crippen LogP contribution is 2.27. The van der Waals surface area contributed by atoms with Gasteiger partial charge in [0.1, 0.15) is 11.8 Å². The highest BCUT2D eigenvalue weighted by Gasteiger charge is 2.15. The molecule has 2 rings (SSSR count). The standard InChI is InChI=1S/C13H16N2O/c1-2-6-15-12(9-14)10-3-4-13-11(8-10)5-7-16-13/h3-4,8,12,15H,2,5-7H2,1H3. The molecule has 0 bridgehead atoms. The molecule has 0 spiro atoms. The molecule has 1 aliphatic rings. The third-order valence-corrected chi connectivity index (χ3v) is 2.77. The number of fused-ring (bicyclic) bond motifs is 1. The third kappa shape index (κ3) is 2.17. The van der Waals surface area contributed by atoms with E-state index >= 15 is 0 Å². The predicted molar refractivity (Wildman–Crippen MR) is 62.3 cm³/mol. The number of nitriles is 1. The monoisotopic (exact) mass is 216 g/mol. The van der Waals surface area contributed by atoms with Crippen LogP contribution >= 0.6 is 0 Å². The van der Waals surface area contributed by atoms with Crippen molar-refractivity contribution in [2.75, 3.05) is 13.2 Å². The summed E-state index contributed by atoms with van der Waals surface area (Å²) >= 11 is 0. The maximum Gasteiger partial charge on any atom is 0.122 e. The SMILES string of the molecule is CCCNC(C#N)c1ccc2c(c1)CCO2. The molecule has 1 atom stereocenters. The van der Waals surface area contributed by atoms with Crippen molar-refractivity contribution >= 4 is 0 Å². The lowest BCUT2D eigenvalue weighted by Gasteiger charge is -2.11. The summed E-state index contributed by atoms with van der Waals surface area (Å²) in [5.74, 6) is 0.968. The van der Waals surface area contributed by atoms with E-state index in [2.05, 4.69) is 24.4 Å². The summed E-state index contributed by atoms with van der Waals surface area (Å²) in [4.78, 5) is 0. The molecular weight excluding hydrogens is 200 g/mol. The van der Waals surface area contributed by atoms with Gasteiger partial charge in [-0.1, -0.05) is 13.0 Å². The van der Waals surface area contributed by atoms with Crippen LogP contribution in [0, 0.1) is 11.3 Å². The molecule has 0 aliphatic carbocycles. The molecule has 3 heteroatoms. The van der Waals surface area contributed by atoms with Crippen LogP contribution in [-0.4, -0.2) is 13.2 Å². The molecule has 0 saturated heterocycles. The number of nitrogens with one attached hydrogen (secondary N) is 1. The Balaban J connectivity index is 2.16. The van der Waals surface area contributed by atoms with Crippen molar-refractivity contribution in [1.29, 1.82) is 5.26 Å². The van der Waals surface area contributed by atoms with Gasteiger partial charge >= 0.3 is 0 Å². The Morgan fingerprint density at radius 1 is 1.56 bits per heavy atom. The molecule has 0 fully saturated rings. The van der Waals surface area contributed by atoms with Gasteiger partial charge in [0.2, 0.25) is 0 Å². The number of nitrogens with zero attached hydrogens (tertiary/aromatic N) is 1. The van der Waals surface area contributed by atoms with Crippen LogP contribution in [0.15, 0.2) is 18.2 Å². The summed E-state index contributed by atoms with van der Waals surface area (Å²) < 4.78 is 5.44. The molecule has 16 heavy (non-hydrogen) atoms. The highest BCUT2D eigenvalue weighted by atomic mass is 16.5. The normalized spacial score (nSPS) is 15.0. The van der Waals surface area contributed by atoms with E-state index in [1.54, 1.807) is 0 Å². The minimum absolute atomic E-state index is 0.203. The minimum Gasteiger partial charge on any atom is -0.493 e. The highest BCUT2D eigenvalue weighted by molar-refractivity contribution is 5.41. The second-order valence-electron chi connectivity index (χ2n) is 3.98. The lowest BCUT2D eigenvalue weighted by molar-refractivity contribution is 0.357. The molecule has 0 radical (unpaired) electrons. The minimum atomic E-state index is -0.203. The van der Waals surface area contributed by atoms with E-state index in [0.717, 1.165) is 37.3 Å². The van der Waals surface area contributed by atoms with Gasteiger partial charge in [-0.15, -0.1) is 0 Å². The molecule has 1 aromatic rings. The van der Waals surface area contributed by atoms with E-state index in [1.165, 1.54) is 5.56 Å². The molecule has 0 saturated carbocycles. The number of hydrogen-bond donors (Lipinski definition) is 1. The van der Waals surface area contributed by atoms with Gasteiger partial charge in [0.25, 0.3) is 0 Å². The molecule has 1 heterocycles. The molecule has 1 aromatic carbocycles. The van der Waals surface area contributed by atoms with E-state index in [0.29, 0.717) is 0 Å². The Kier molecular flexibility index (Phi) is 3.43. The average Bonchev–Trinajstić information content (AvgIpc) is 2.77. The zero-order valence-corrected chi connectivity index (χ0v) is 9.49. The summed E-state index contributed by atoms with van der Waals surface area (Å²) in [6, 6.07) is 8.11. The second kappa shape index (κ2) is 5.00. The van der Waals surface area contributed by atoms with Gasteiger partial charge in [0, 0.05) is 6.42 Å². The maximum absolute atomic E-state index is 9.11. The lowest BCUT2D eigenvalue weighted by Crippen LogP contribution is -2.20. The zero-order valence-electron chi connectivity index (χ0n) is 9.49. The number of ether oxygens (including phenoxy) is 1. The Hall–Kier alpha value is -1.53. The van der Waals surface area contributed by atoms with Crippen molar-refractivity contribution in [2.24, 2.45) is 0 Å². The van der Waals surface area contributed by atoms with Gasteiger partial charge < -0.3 is 4.74 Å². The summed E-state index contributed by atoms with van der Waals surface area (Å²) in [7, 11) is 0. The first-order valence-electron chi connectivity index (χ1n) is 5.73. The number of hydrogen-bond acceptors (Lipinski definition) is 3. The first kappa shape index (κ1) is 11.0. The third-order valence-electron chi connectivity index (χ3n) is 2.77. The van der Waals surface area contributed by atoms with Crippen LogP contribution in [0.2, 0.25) is 0 Å². The largest absolute Gasteiger partial charge is 0.493 e. The first-order chi connectivity index (χ1) is 7.85. The first-order valence-corrected chi connectivity index (χ1v) is 5.73. The number of rotatable bonds is 4. The van der Waals surface area contributed by atoms with Crippen molar-refractivity contribution in [1.82, 2.24) is 5.32 Å². The van der Waals surface area contributed by atoms with Crippen molar-refractivity contribution in [3.63, 3.8) is 0 Å². The fourth-order valence-electron chi connectivity index (χ4n) is 1.91. The average molecular weight is 216 g/mol. The van der Waals surface area contributed by atoms with E-state index in [4.69, 9.17) is 10.00 Å². The van der Waals surface area contributed by atoms with Gasteiger partial charge in [-0.2, -0.15) is 5.26 Å². The summed E-state index contributed by atoms with van der Waals surface area (Å²) in [6.45, 7) is 3.72. The quantitative estimate of drug-likeness (QED) is 0.839. The van der Waals surface area contributed by atoms with Gasteiger partial charge in [-0.05, 0) is 36.2 Å². The smallest absolute Gasteiger partial charge is 0.122 e. The molecule has 1 aliphatic heterocycles. The molecule has 3 nitrogen and oxygen atoms in total. The molecule has 0 aromatic heterocycles. The Morgan fingerprint density at radius 3 is 3.19 bits per heavy atom. The molecule has 1 N–H and O–H groups in total. The van der Waals surface area contributed by atoms with Crippen LogP contribution in [0.1, 0.15) is 30.5 Å². The van der Waals surface area contributed by atoms with Gasteiger partial charge in [-0.25, -0.2) is 0 Å². The second-order valence-corrected chi connectivity index (χ2v) is 3.98. The van der Waals surface area contributed by atoms with Crippen molar-refractivity contribution in [3.05, 3.63) is 29.3 Å². The van der Waals surface area contributed by atoms with Crippen LogP contribution in [0.5, 0.6) is 5.75 Å². The molecule has 1 unspecified atom stereocenters. The fourth-order valence-corrected chi connectivity index (χ4v) is 1.91. The maximum atomic E-state index is 9.11. The van der Waals surface area contributed by atoms with E-state index in [9.17, 15) is 0 Å². The Morgan fingerprint density at radius 2 is 2.44 bits per heavy atom. The molecule has 84 valence electrons. The topological polar surface area (TPSA) is 45.0 Å². The summed E-state index contributed by atoms with van der Waals surface area (Å²) in [5, 5.41) is 12.3. The Bertz CT molecular complexity index is 409. The fraction of sp³-hybridized carbons (Fsp3) is 0.462. The summed E-state index contributed by atoms with van der Waals surface area (Å²) in [5.41, 5.74) is 2.26. The molecular formula is C13H16N2O. The zero-order chi connectivity index (χ0) is 11.4. The molecule has 0 amide bonds. The van der Waals surface area contributed by atoms with Crippen LogP contribution in [0.4, 0.5) is 0 Å². The van der Waals surface area contributed by atoms with Crippen molar-refractivity contribution in [3.8, 4) is 11.8 Å². The van der Waals surface area contributed by atoms with Crippen LogP contribution in [0.3, 0.4) is 0 Å². The van der Waals surface area contributed by atoms with Gasteiger partial charge in [0.15, 0.2) is 0 Å². The van der Waals surface area contributed by atoms with Gasteiger partial charge in [-0.3, -0.25) is 5.32 Å². The van der Waals surface area contributed by atoms with Crippen molar-refractivity contribution < 1.29 is 4.74 Å². The van der Waals surface area contributed by atoms with E-state index in [1.807, 2.05) is 12.1 Å². The predicted octanol–water partition coefficient (Wildman–Crippen LogP) is 2.19. The van der Waals surface area contributed by atoms with Crippen LogP contribution < -0.4 is 10.1 Å². The van der Waals surface area contributed by atoms with Gasteiger partial charge in [0.05, 0.1) is 12.7 Å². The van der Waals surface area contributed by atoms with E-state index in [-0.39, 0.29) is 6.04 Å². The van der Waals surface area contributed by atoms with Crippen molar-refractivity contribution in [2.45, 2.75) is 25.8 Å². The lowest BCUT2D eigenvalue weighted by atomic mass is 10.0. The van der Waals surface area contributed by atoms with Crippen LogP contribution in [0.25, 0.3) is 0 Å². The van der Waals surface area contributed by atoms with E-state index < -0.39 is 0 Å².